The molecule has 0 saturated carbocycles. The van der Waals surface area contributed by atoms with Gasteiger partial charge in [-0.15, -0.1) is 0 Å². The normalized spacial score (nSPS) is 15.9. The summed E-state index contributed by atoms with van der Waals surface area (Å²) in [6, 6.07) is 20.9. The van der Waals surface area contributed by atoms with Crippen LogP contribution >= 0.6 is 11.6 Å². The van der Waals surface area contributed by atoms with Gasteiger partial charge in [-0.1, -0.05) is 41.9 Å². The maximum absolute atomic E-state index is 13.1. The number of amides is 1. The monoisotopic (exact) mass is 497 g/mol. The van der Waals surface area contributed by atoms with Gasteiger partial charge in [0.25, 0.3) is 15.9 Å². The number of rotatable bonds is 7. The van der Waals surface area contributed by atoms with Gasteiger partial charge in [0.15, 0.2) is 0 Å². The fourth-order valence-electron chi connectivity index (χ4n) is 4.21. The van der Waals surface area contributed by atoms with E-state index in [-0.39, 0.29) is 10.8 Å². The van der Waals surface area contributed by atoms with E-state index in [0.717, 1.165) is 25.2 Å². The first kappa shape index (κ1) is 24.1. The molecule has 0 spiro atoms. The standard InChI is InChI=1S/C26H28ClN3O3S/c1-19-11-12-22(27)16-25(19)30-14-13-20(18-30)17-28-26(31)21-7-6-10-24(15-21)34(32,33)29(2)23-8-4-3-5-9-23/h3-12,15-16,20H,13-14,17-18H2,1-2H3,(H,28,31). The van der Waals surface area contributed by atoms with Gasteiger partial charge in [-0.3, -0.25) is 9.10 Å². The summed E-state index contributed by atoms with van der Waals surface area (Å²) in [7, 11) is -2.28. The van der Waals surface area contributed by atoms with Crippen LogP contribution in [-0.2, 0) is 10.0 Å². The highest BCUT2D eigenvalue weighted by Crippen LogP contribution is 2.29. The highest BCUT2D eigenvalue weighted by Gasteiger charge is 2.25. The minimum absolute atomic E-state index is 0.0787. The third-order valence-corrected chi connectivity index (χ3v) is 8.24. The van der Waals surface area contributed by atoms with E-state index in [0.29, 0.717) is 28.7 Å². The first-order chi connectivity index (χ1) is 16.3. The highest BCUT2D eigenvalue weighted by molar-refractivity contribution is 7.92. The summed E-state index contributed by atoms with van der Waals surface area (Å²) in [5, 5.41) is 3.69. The van der Waals surface area contributed by atoms with E-state index in [4.69, 9.17) is 11.6 Å². The number of nitrogens with one attached hydrogen (secondary N) is 1. The second-order valence-electron chi connectivity index (χ2n) is 8.58. The third-order valence-electron chi connectivity index (χ3n) is 6.22. The van der Waals surface area contributed by atoms with E-state index in [9.17, 15) is 13.2 Å². The molecule has 3 aromatic rings. The predicted octanol–water partition coefficient (Wildman–Crippen LogP) is 4.73. The number of benzene rings is 3. The Labute approximate surface area is 206 Å². The van der Waals surface area contributed by atoms with Gasteiger partial charge in [0.1, 0.15) is 0 Å². The van der Waals surface area contributed by atoms with Crippen LogP contribution in [-0.4, -0.2) is 41.0 Å². The molecule has 6 nitrogen and oxygen atoms in total. The Balaban J connectivity index is 1.40. The Kier molecular flexibility index (Phi) is 7.14. The van der Waals surface area contributed by atoms with Crippen LogP contribution in [0.5, 0.6) is 0 Å². The molecule has 0 aliphatic carbocycles. The average Bonchev–Trinajstić information content (AvgIpc) is 3.33. The lowest BCUT2D eigenvalue weighted by Gasteiger charge is -2.21. The van der Waals surface area contributed by atoms with Crippen molar-refractivity contribution in [1.29, 1.82) is 0 Å². The summed E-state index contributed by atoms with van der Waals surface area (Å²) in [5.74, 6) is 0.0234. The molecule has 1 heterocycles. The van der Waals surface area contributed by atoms with Gasteiger partial charge in [-0.25, -0.2) is 8.42 Å². The van der Waals surface area contributed by atoms with Gasteiger partial charge >= 0.3 is 0 Å². The number of hydrogen-bond acceptors (Lipinski definition) is 4. The number of anilines is 2. The molecule has 3 aromatic carbocycles. The Morgan fingerprint density at radius 2 is 1.85 bits per heavy atom. The molecule has 1 N–H and O–H groups in total. The summed E-state index contributed by atoms with van der Waals surface area (Å²) < 4.78 is 27.4. The maximum Gasteiger partial charge on any atom is 0.264 e. The molecular formula is C26H28ClN3O3S. The number of carbonyl (C=O) groups is 1. The first-order valence-electron chi connectivity index (χ1n) is 11.2. The molecular weight excluding hydrogens is 470 g/mol. The molecule has 178 valence electrons. The van der Waals surface area contributed by atoms with Crippen molar-refractivity contribution in [3.8, 4) is 0 Å². The van der Waals surface area contributed by atoms with Crippen molar-refractivity contribution in [2.24, 2.45) is 5.92 Å². The number of aryl methyl sites for hydroxylation is 1. The maximum atomic E-state index is 13.1. The van der Waals surface area contributed by atoms with Crippen LogP contribution in [0.4, 0.5) is 11.4 Å². The van der Waals surface area contributed by atoms with Crippen molar-refractivity contribution < 1.29 is 13.2 Å². The average molecular weight is 498 g/mol. The zero-order valence-electron chi connectivity index (χ0n) is 19.2. The first-order valence-corrected chi connectivity index (χ1v) is 13.0. The lowest BCUT2D eigenvalue weighted by Crippen LogP contribution is -2.31. The van der Waals surface area contributed by atoms with Gasteiger partial charge in [0.05, 0.1) is 10.6 Å². The molecule has 4 rings (SSSR count). The van der Waals surface area contributed by atoms with Crippen LogP contribution in [0.2, 0.25) is 5.02 Å². The number of sulfonamides is 1. The largest absolute Gasteiger partial charge is 0.371 e. The summed E-state index contributed by atoms with van der Waals surface area (Å²) in [6.45, 7) is 4.33. The van der Waals surface area contributed by atoms with Crippen molar-refractivity contribution in [2.45, 2.75) is 18.2 Å². The van der Waals surface area contributed by atoms with Gasteiger partial charge < -0.3 is 10.2 Å². The van der Waals surface area contributed by atoms with Crippen LogP contribution in [0.1, 0.15) is 22.3 Å². The minimum Gasteiger partial charge on any atom is -0.371 e. The molecule has 0 bridgehead atoms. The summed E-state index contributed by atoms with van der Waals surface area (Å²) in [4.78, 5) is 15.2. The topological polar surface area (TPSA) is 69.7 Å². The Bertz CT molecular complexity index is 1280. The fourth-order valence-corrected chi connectivity index (χ4v) is 5.62. The number of halogens is 1. The van der Waals surface area contributed by atoms with Crippen LogP contribution in [0.25, 0.3) is 0 Å². The number of para-hydroxylation sites is 1. The predicted molar refractivity (Wildman–Crippen MR) is 137 cm³/mol. The van der Waals surface area contributed by atoms with E-state index in [1.54, 1.807) is 36.4 Å². The Morgan fingerprint density at radius 1 is 1.09 bits per heavy atom. The van der Waals surface area contributed by atoms with Crippen LogP contribution in [0.15, 0.2) is 77.7 Å². The summed E-state index contributed by atoms with van der Waals surface area (Å²) >= 11 is 6.17. The lowest BCUT2D eigenvalue weighted by molar-refractivity contribution is 0.0948. The molecule has 1 atom stereocenters. The molecule has 0 aromatic heterocycles. The van der Waals surface area contributed by atoms with Gasteiger partial charge in [0, 0.05) is 43.0 Å². The smallest absolute Gasteiger partial charge is 0.264 e. The molecule has 1 amide bonds. The van der Waals surface area contributed by atoms with Crippen molar-refractivity contribution in [3.05, 3.63) is 88.9 Å². The van der Waals surface area contributed by atoms with Crippen molar-refractivity contribution in [1.82, 2.24) is 5.32 Å². The molecule has 1 saturated heterocycles. The SMILES string of the molecule is Cc1ccc(Cl)cc1N1CCC(CNC(=O)c2cccc(S(=O)(=O)N(C)c3ccccc3)c2)C1. The zero-order valence-corrected chi connectivity index (χ0v) is 20.8. The number of nitrogens with zero attached hydrogens (tertiary/aromatic N) is 2. The number of hydrogen-bond donors (Lipinski definition) is 1. The Morgan fingerprint density at radius 3 is 2.62 bits per heavy atom. The quantitative estimate of drug-likeness (QED) is 0.512. The fraction of sp³-hybridized carbons (Fsp3) is 0.269. The molecule has 1 unspecified atom stereocenters. The third kappa shape index (κ3) is 5.21. The van der Waals surface area contributed by atoms with Gasteiger partial charge in [-0.05, 0) is 67.3 Å². The molecule has 1 fully saturated rings. The van der Waals surface area contributed by atoms with Gasteiger partial charge in [0.2, 0.25) is 0 Å². The van der Waals surface area contributed by atoms with Crippen LogP contribution in [0, 0.1) is 12.8 Å². The minimum atomic E-state index is -3.79. The van der Waals surface area contributed by atoms with E-state index in [2.05, 4.69) is 17.1 Å². The molecule has 1 aliphatic rings. The molecule has 1 aliphatic heterocycles. The van der Waals surface area contributed by atoms with E-state index >= 15 is 0 Å². The summed E-state index contributed by atoms with van der Waals surface area (Å²) in [5.41, 5.74) is 3.18. The molecule has 8 heteroatoms. The van der Waals surface area contributed by atoms with E-state index < -0.39 is 10.0 Å². The van der Waals surface area contributed by atoms with Crippen molar-refractivity contribution >= 4 is 38.9 Å². The van der Waals surface area contributed by atoms with E-state index in [1.165, 1.54) is 29.0 Å². The van der Waals surface area contributed by atoms with Crippen LogP contribution < -0.4 is 14.5 Å². The Hall–Kier alpha value is -3.03. The second kappa shape index (κ2) is 10.1. The highest BCUT2D eigenvalue weighted by atomic mass is 35.5. The zero-order chi connectivity index (χ0) is 24.3. The van der Waals surface area contributed by atoms with Crippen LogP contribution in [0.3, 0.4) is 0 Å². The lowest BCUT2D eigenvalue weighted by atomic mass is 10.1. The van der Waals surface area contributed by atoms with Crippen molar-refractivity contribution in [2.75, 3.05) is 35.9 Å². The molecule has 34 heavy (non-hydrogen) atoms. The summed E-state index contributed by atoms with van der Waals surface area (Å²) in [6.07, 6.45) is 0.961. The van der Waals surface area contributed by atoms with Crippen molar-refractivity contribution in [3.63, 3.8) is 0 Å². The second-order valence-corrected chi connectivity index (χ2v) is 11.0. The number of carbonyl (C=O) groups excluding carboxylic acids is 1. The van der Waals surface area contributed by atoms with E-state index in [1.807, 2.05) is 24.3 Å². The molecule has 0 radical (unpaired) electrons. The van der Waals surface area contributed by atoms with Gasteiger partial charge in [-0.2, -0.15) is 0 Å².